The van der Waals surface area contributed by atoms with Gasteiger partial charge in [-0.1, -0.05) is 36.8 Å². The van der Waals surface area contributed by atoms with Gasteiger partial charge in [0.05, 0.1) is 25.6 Å². The maximum Gasteiger partial charge on any atom is 0.293 e. The highest BCUT2D eigenvalue weighted by Crippen LogP contribution is 2.57. The van der Waals surface area contributed by atoms with Crippen LogP contribution < -0.4 is 4.90 Å². The molecule has 0 aromatic heterocycles. The molecule has 6 rings (SSSR count). The molecular weight excluding hydrogens is 352 g/mol. The van der Waals surface area contributed by atoms with E-state index in [1.165, 1.54) is 25.7 Å². The van der Waals surface area contributed by atoms with Gasteiger partial charge in [-0.3, -0.25) is 14.6 Å². The van der Waals surface area contributed by atoms with Gasteiger partial charge in [0.15, 0.2) is 0 Å². The van der Waals surface area contributed by atoms with Gasteiger partial charge in [-0.15, -0.1) is 0 Å². The summed E-state index contributed by atoms with van der Waals surface area (Å²) >= 11 is 0. The van der Waals surface area contributed by atoms with Crippen molar-refractivity contribution in [3.63, 3.8) is 0 Å². The van der Waals surface area contributed by atoms with Crippen molar-refractivity contribution in [1.29, 1.82) is 0 Å². The average molecular weight is 380 g/mol. The van der Waals surface area contributed by atoms with Crippen LogP contribution in [0.3, 0.4) is 0 Å². The quantitative estimate of drug-likeness (QED) is 0.739. The van der Waals surface area contributed by atoms with Crippen molar-refractivity contribution in [2.24, 2.45) is 17.3 Å². The molecule has 3 fully saturated rings. The SMILES string of the molecule is O=C1N(CN2CCCCC2)c2ccccc2C12OCC1(CO2)C[C@@H]2C=C[C@H]1C2. The van der Waals surface area contributed by atoms with Gasteiger partial charge in [-0.2, -0.15) is 0 Å². The number of ether oxygens (including phenoxy) is 2. The largest absolute Gasteiger partial charge is 0.338 e. The molecule has 5 aliphatic rings. The topological polar surface area (TPSA) is 42.0 Å². The molecule has 3 aliphatic heterocycles. The number of amides is 1. The maximum absolute atomic E-state index is 13.6. The Morgan fingerprint density at radius 1 is 1.04 bits per heavy atom. The molecule has 1 amide bonds. The Bertz CT molecular complexity index is 821. The third-order valence-electron chi connectivity index (χ3n) is 7.62. The first-order chi connectivity index (χ1) is 13.7. The summed E-state index contributed by atoms with van der Waals surface area (Å²) in [4.78, 5) is 17.9. The number of fused-ring (bicyclic) bond motifs is 5. The van der Waals surface area contributed by atoms with E-state index >= 15 is 0 Å². The Balaban J connectivity index is 1.29. The molecule has 1 aromatic rings. The van der Waals surface area contributed by atoms with Gasteiger partial charge in [0, 0.05) is 11.0 Å². The van der Waals surface area contributed by atoms with Gasteiger partial charge in [-0.05, 0) is 56.7 Å². The van der Waals surface area contributed by atoms with Crippen molar-refractivity contribution in [3.05, 3.63) is 42.0 Å². The van der Waals surface area contributed by atoms with E-state index in [1.807, 2.05) is 29.2 Å². The van der Waals surface area contributed by atoms with E-state index in [9.17, 15) is 4.79 Å². The van der Waals surface area contributed by atoms with Gasteiger partial charge >= 0.3 is 0 Å². The van der Waals surface area contributed by atoms with Gasteiger partial charge < -0.3 is 9.47 Å². The predicted molar refractivity (Wildman–Crippen MR) is 106 cm³/mol. The summed E-state index contributed by atoms with van der Waals surface area (Å²) in [6.07, 6.45) is 10.7. The van der Waals surface area contributed by atoms with E-state index in [0.717, 1.165) is 30.8 Å². The standard InChI is InChI=1S/C23H28N2O3/c26-21-23(27-14-22(15-28-23)13-17-8-9-18(22)12-17)19-6-2-3-7-20(19)25(21)16-24-10-4-1-5-11-24/h2-3,6-9,17-18H,1,4-5,10-16H2/t17-,18+,22?,23?/m1/s1. The Morgan fingerprint density at radius 3 is 2.54 bits per heavy atom. The van der Waals surface area contributed by atoms with E-state index in [1.54, 1.807) is 0 Å². The van der Waals surface area contributed by atoms with Gasteiger partial charge in [0.1, 0.15) is 0 Å². The third-order valence-corrected chi connectivity index (χ3v) is 7.62. The lowest BCUT2D eigenvalue weighted by molar-refractivity contribution is -0.295. The predicted octanol–water partition coefficient (Wildman–Crippen LogP) is 3.26. The molecule has 2 aliphatic carbocycles. The number of nitrogens with zero attached hydrogens (tertiary/aromatic N) is 2. The number of anilines is 1. The van der Waals surface area contributed by atoms with Crippen LogP contribution in [0.2, 0.25) is 0 Å². The van der Waals surface area contributed by atoms with Crippen LogP contribution in [-0.4, -0.2) is 43.8 Å². The summed E-state index contributed by atoms with van der Waals surface area (Å²) in [5, 5.41) is 0. The highest BCUT2D eigenvalue weighted by Gasteiger charge is 2.61. The maximum atomic E-state index is 13.6. The second kappa shape index (κ2) is 6.15. The molecule has 2 bridgehead atoms. The number of carbonyl (C=O) groups excluding carboxylic acids is 1. The van der Waals surface area contributed by atoms with Crippen LogP contribution in [0.5, 0.6) is 0 Å². The first-order valence-corrected chi connectivity index (χ1v) is 10.8. The molecule has 0 radical (unpaired) electrons. The van der Waals surface area contributed by atoms with Gasteiger partial charge in [-0.25, -0.2) is 0 Å². The molecule has 2 saturated heterocycles. The number of hydrogen-bond acceptors (Lipinski definition) is 4. The van der Waals surface area contributed by atoms with Crippen molar-refractivity contribution in [1.82, 2.24) is 4.90 Å². The monoisotopic (exact) mass is 380 g/mol. The van der Waals surface area contributed by atoms with Crippen molar-refractivity contribution in [2.45, 2.75) is 37.9 Å². The minimum Gasteiger partial charge on any atom is -0.338 e. The highest BCUT2D eigenvalue weighted by molar-refractivity contribution is 6.06. The van der Waals surface area contributed by atoms with Crippen molar-refractivity contribution in [2.75, 3.05) is 37.9 Å². The van der Waals surface area contributed by atoms with Gasteiger partial charge in [0.2, 0.25) is 0 Å². The summed E-state index contributed by atoms with van der Waals surface area (Å²) in [7, 11) is 0. The number of para-hydroxylation sites is 1. The zero-order valence-electron chi connectivity index (χ0n) is 16.3. The first kappa shape index (κ1) is 17.2. The molecule has 1 saturated carbocycles. The van der Waals surface area contributed by atoms with Crippen LogP contribution in [0.1, 0.15) is 37.7 Å². The molecule has 5 heteroatoms. The summed E-state index contributed by atoms with van der Waals surface area (Å²) < 4.78 is 12.8. The number of hydrogen-bond donors (Lipinski definition) is 0. The summed E-state index contributed by atoms with van der Waals surface area (Å²) in [5.41, 5.74) is 1.88. The number of likely N-dealkylation sites (tertiary alicyclic amines) is 1. The lowest BCUT2D eigenvalue weighted by Crippen LogP contribution is -2.55. The molecule has 3 heterocycles. The van der Waals surface area contributed by atoms with Gasteiger partial charge in [0.25, 0.3) is 11.7 Å². The Kier molecular flexibility index (Phi) is 3.78. The fraction of sp³-hybridized carbons (Fsp3) is 0.609. The lowest BCUT2D eigenvalue weighted by Gasteiger charge is -2.45. The lowest BCUT2D eigenvalue weighted by atomic mass is 9.76. The molecule has 148 valence electrons. The molecule has 28 heavy (non-hydrogen) atoms. The minimum absolute atomic E-state index is 0.0483. The second-order valence-electron chi connectivity index (χ2n) is 9.32. The highest BCUT2D eigenvalue weighted by atomic mass is 16.7. The van der Waals surface area contributed by atoms with E-state index in [0.29, 0.717) is 31.7 Å². The van der Waals surface area contributed by atoms with E-state index in [-0.39, 0.29) is 11.3 Å². The summed E-state index contributed by atoms with van der Waals surface area (Å²) in [5.74, 6) is -0.101. The smallest absolute Gasteiger partial charge is 0.293 e. The van der Waals surface area contributed by atoms with Crippen LogP contribution in [-0.2, 0) is 20.1 Å². The fourth-order valence-electron chi connectivity index (χ4n) is 6.07. The number of allylic oxidation sites excluding steroid dienone is 2. The molecule has 1 aromatic carbocycles. The van der Waals surface area contributed by atoms with E-state index in [4.69, 9.17) is 9.47 Å². The average Bonchev–Trinajstić information content (AvgIpc) is 3.40. The molecule has 2 atom stereocenters. The number of carbonyl (C=O) groups is 1. The molecular formula is C23H28N2O3. The van der Waals surface area contributed by atoms with E-state index < -0.39 is 5.79 Å². The normalized spacial score (nSPS) is 39.4. The van der Waals surface area contributed by atoms with Crippen molar-refractivity contribution < 1.29 is 14.3 Å². The van der Waals surface area contributed by atoms with Crippen LogP contribution in [0, 0.1) is 17.3 Å². The Hall–Kier alpha value is -1.69. The number of benzene rings is 1. The third kappa shape index (κ3) is 2.33. The molecule has 0 unspecified atom stereocenters. The number of piperidine rings is 1. The van der Waals surface area contributed by atoms with Crippen LogP contribution >= 0.6 is 0 Å². The van der Waals surface area contributed by atoms with Crippen LogP contribution in [0.15, 0.2) is 36.4 Å². The minimum atomic E-state index is -1.25. The van der Waals surface area contributed by atoms with Crippen LogP contribution in [0.4, 0.5) is 5.69 Å². The number of rotatable bonds is 2. The van der Waals surface area contributed by atoms with Crippen LogP contribution in [0.25, 0.3) is 0 Å². The first-order valence-electron chi connectivity index (χ1n) is 10.8. The molecule has 5 nitrogen and oxygen atoms in total. The summed E-state index contributed by atoms with van der Waals surface area (Å²) in [6, 6.07) is 8.01. The zero-order chi connectivity index (χ0) is 18.8. The van der Waals surface area contributed by atoms with Crippen molar-refractivity contribution in [3.8, 4) is 0 Å². The Morgan fingerprint density at radius 2 is 1.82 bits per heavy atom. The zero-order valence-corrected chi connectivity index (χ0v) is 16.3. The van der Waals surface area contributed by atoms with E-state index in [2.05, 4.69) is 17.1 Å². The molecule has 0 N–H and O–H groups in total. The molecule has 2 spiro atoms. The second-order valence-corrected chi connectivity index (χ2v) is 9.32. The Labute approximate surface area is 166 Å². The van der Waals surface area contributed by atoms with Crippen molar-refractivity contribution >= 4 is 11.6 Å². The fourth-order valence-corrected chi connectivity index (χ4v) is 6.07. The summed E-state index contributed by atoms with van der Waals surface area (Å²) in [6.45, 7) is 3.95.